The van der Waals surface area contributed by atoms with Crippen molar-refractivity contribution in [1.82, 2.24) is 15.3 Å². The molecule has 1 heterocycles. The number of aliphatic hydroxyl groups is 1. The van der Waals surface area contributed by atoms with E-state index in [1.807, 2.05) is 36.4 Å². The molecule has 1 amide bonds. The molecule has 0 spiro atoms. The SMILES string of the molecule is COc1cccc(-c2cncc(-c3ccc(C(=O)NCCO)cc3)n2)c1. The topological polar surface area (TPSA) is 84.3 Å². The van der Waals surface area contributed by atoms with E-state index < -0.39 is 0 Å². The van der Waals surface area contributed by atoms with Gasteiger partial charge in [0.15, 0.2) is 0 Å². The minimum Gasteiger partial charge on any atom is -0.497 e. The normalized spacial score (nSPS) is 10.4. The molecule has 1 aromatic heterocycles. The Hall–Kier alpha value is -3.25. The molecule has 0 saturated heterocycles. The Labute approximate surface area is 151 Å². The Bertz CT molecular complexity index is 895. The molecule has 0 bridgehead atoms. The van der Waals surface area contributed by atoms with Crippen LogP contribution in [0.2, 0.25) is 0 Å². The zero-order chi connectivity index (χ0) is 18.4. The number of methoxy groups -OCH3 is 1. The number of nitrogens with zero attached hydrogens (tertiary/aromatic N) is 2. The maximum Gasteiger partial charge on any atom is 0.251 e. The van der Waals surface area contributed by atoms with Crippen LogP contribution < -0.4 is 10.1 Å². The van der Waals surface area contributed by atoms with Crippen LogP contribution in [0.1, 0.15) is 10.4 Å². The summed E-state index contributed by atoms with van der Waals surface area (Å²) in [6.45, 7) is 0.144. The van der Waals surface area contributed by atoms with Crippen molar-refractivity contribution >= 4 is 5.91 Å². The lowest BCUT2D eigenvalue weighted by Crippen LogP contribution is -2.26. The van der Waals surface area contributed by atoms with E-state index in [0.717, 1.165) is 22.6 Å². The Morgan fingerprint density at radius 2 is 1.81 bits per heavy atom. The van der Waals surface area contributed by atoms with E-state index in [1.54, 1.807) is 31.6 Å². The molecule has 0 fully saturated rings. The van der Waals surface area contributed by atoms with E-state index in [9.17, 15) is 4.79 Å². The van der Waals surface area contributed by atoms with Crippen molar-refractivity contribution < 1.29 is 14.6 Å². The summed E-state index contributed by atoms with van der Waals surface area (Å²) in [4.78, 5) is 20.8. The molecule has 0 aliphatic rings. The molecule has 0 atom stereocenters. The number of benzene rings is 2. The molecular formula is C20H19N3O3. The average Bonchev–Trinajstić information content (AvgIpc) is 2.72. The molecule has 6 heteroatoms. The number of carbonyl (C=O) groups is 1. The maximum atomic E-state index is 11.9. The highest BCUT2D eigenvalue weighted by Crippen LogP contribution is 2.24. The summed E-state index contributed by atoms with van der Waals surface area (Å²) in [5, 5.41) is 11.4. The molecule has 0 unspecified atom stereocenters. The highest BCUT2D eigenvalue weighted by molar-refractivity contribution is 5.94. The Morgan fingerprint density at radius 1 is 1.08 bits per heavy atom. The van der Waals surface area contributed by atoms with Crippen LogP contribution in [-0.4, -0.2) is 41.2 Å². The highest BCUT2D eigenvalue weighted by Gasteiger charge is 2.08. The number of nitrogens with one attached hydrogen (secondary N) is 1. The molecule has 26 heavy (non-hydrogen) atoms. The number of rotatable bonds is 6. The molecule has 132 valence electrons. The first-order valence-electron chi connectivity index (χ1n) is 8.17. The number of aliphatic hydroxyl groups excluding tert-OH is 1. The van der Waals surface area contributed by atoms with Gasteiger partial charge in [0, 0.05) is 23.2 Å². The van der Waals surface area contributed by atoms with Crippen molar-refractivity contribution in [2.75, 3.05) is 20.3 Å². The van der Waals surface area contributed by atoms with Gasteiger partial charge in [-0.1, -0.05) is 24.3 Å². The fourth-order valence-electron chi connectivity index (χ4n) is 2.49. The first kappa shape index (κ1) is 17.6. The zero-order valence-electron chi connectivity index (χ0n) is 14.3. The van der Waals surface area contributed by atoms with E-state index in [0.29, 0.717) is 11.3 Å². The summed E-state index contributed by atoms with van der Waals surface area (Å²) in [5.74, 6) is 0.537. The number of aromatic nitrogens is 2. The summed E-state index contributed by atoms with van der Waals surface area (Å²) >= 11 is 0. The van der Waals surface area contributed by atoms with Gasteiger partial charge >= 0.3 is 0 Å². The lowest BCUT2D eigenvalue weighted by atomic mass is 10.1. The van der Waals surface area contributed by atoms with Crippen LogP contribution in [0.4, 0.5) is 0 Å². The predicted octanol–water partition coefficient (Wildman–Crippen LogP) is 2.54. The smallest absolute Gasteiger partial charge is 0.251 e. The van der Waals surface area contributed by atoms with Gasteiger partial charge in [0.25, 0.3) is 5.91 Å². The van der Waals surface area contributed by atoms with E-state index in [2.05, 4.69) is 15.3 Å². The number of hydrogen-bond acceptors (Lipinski definition) is 5. The monoisotopic (exact) mass is 349 g/mol. The van der Waals surface area contributed by atoms with Crippen LogP contribution in [0.3, 0.4) is 0 Å². The largest absolute Gasteiger partial charge is 0.497 e. The van der Waals surface area contributed by atoms with Crippen molar-refractivity contribution in [3.63, 3.8) is 0 Å². The van der Waals surface area contributed by atoms with Crippen molar-refractivity contribution in [2.45, 2.75) is 0 Å². The average molecular weight is 349 g/mol. The van der Waals surface area contributed by atoms with Crippen LogP contribution in [0.5, 0.6) is 5.75 Å². The Kier molecular flexibility index (Phi) is 5.56. The fourth-order valence-corrected chi connectivity index (χ4v) is 2.49. The minimum absolute atomic E-state index is 0.0868. The fraction of sp³-hybridized carbons (Fsp3) is 0.150. The van der Waals surface area contributed by atoms with Gasteiger partial charge in [0.2, 0.25) is 0 Å². The number of carbonyl (C=O) groups excluding carboxylic acids is 1. The van der Waals surface area contributed by atoms with Crippen LogP contribution >= 0.6 is 0 Å². The van der Waals surface area contributed by atoms with E-state index in [1.165, 1.54) is 0 Å². The first-order chi connectivity index (χ1) is 12.7. The molecular weight excluding hydrogens is 330 g/mol. The van der Waals surface area contributed by atoms with Crippen molar-refractivity contribution in [3.8, 4) is 28.3 Å². The van der Waals surface area contributed by atoms with Crippen LogP contribution in [0.25, 0.3) is 22.5 Å². The number of hydrogen-bond donors (Lipinski definition) is 2. The summed E-state index contributed by atoms with van der Waals surface area (Å²) < 4.78 is 5.25. The molecule has 0 saturated carbocycles. The molecule has 0 aliphatic carbocycles. The Balaban J connectivity index is 1.85. The number of amides is 1. The van der Waals surface area contributed by atoms with E-state index >= 15 is 0 Å². The third-order valence-electron chi connectivity index (χ3n) is 3.84. The molecule has 2 N–H and O–H groups in total. The summed E-state index contributed by atoms with van der Waals surface area (Å²) in [6.07, 6.45) is 3.39. The standard InChI is InChI=1S/C20H19N3O3/c1-26-17-4-2-3-16(11-17)19-13-21-12-18(23-19)14-5-7-15(8-6-14)20(25)22-9-10-24/h2-8,11-13,24H,9-10H2,1H3,(H,22,25). The molecule has 3 rings (SSSR count). The Morgan fingerprint density at radius 3 is 2.50 bits per heavy atom. The van der Waals surface area contributed by atoms with Gasteiger partial charge in [-0.3, -0.25) is 9.78 Å². The number of ether oxygens (including phenoxy) is 1. The summed E-state index contributed by atoms with van der Waals surface area (Å²) in [7, 11) is 1.62. The van der Waals surface area contributed by atoms with E-state index in [-0.39, 0.29) is 19.1 Å². The predicted molar refractivity (Wildman–Crippen MR) is 98.9 cm³/mol. The van der Waals surface area contributed by atoms with Crippen LogP contribution in [0.15, 0.2) is 60.9 Å². The van der Waals surface area contributed by atoms with Crippen LogP contribution in [-0.2, 0) is 0 Å². The highest BCUT2D eigenvalue weighted by atomic mass is 16.5. The van der Waals surface area contributed by atoms with Gasteiger partial charge in [-0.05, 0) is 24.3 Å². The summed E-state index contributed by atoms with van der Waals surface area (Å²) in [6, 6.07) is 14.7. The second-order valence-electron chi connectivity index (χ2n) is 5.58. The maximum absolute atomic E-state index is 11.9. The second-order valence-corrected chi connectivity index (χ2v) is 5.58. The third kappa shape index (κ3) is 4.04. The van der Waals surface area contributed by atoms with Crippen LogP contribution in [0, 0.1) is 0 Å². The van der Waals surface area contributed by atoms with Gasteiger partial charge in [-0.15, -0.1) is 0 Å². The lowest BCUT2D eigenvalue weighted by molar-refractivity contribution is 0.0945. The van der Waals surface area contributed by atoms with Crippen molar-refractivity contribution in [2.24, 2.45) is 0 Å². The second kappa shape index (κ2) is 8.22. The quantitative estimate of drug-likeness (QED) is 0.714. The zero-order valence-corrected chi connectivity index (χ0v) is 14.3. The summed E-state index contributed by atoms with van der Waals surface area (Å²) in [5.41, 5.74) is 3.76. The minimum atomic E-state index is -0.221. The van der Waals surface area contributed by atoms with Gasteiger partial charge in [0.1, 0.15) is 5.75 Å². The van der Waals surface area contributed by atoms with Gasteiger partial charge in [-0.2, -0.15) is 0 Å². The van der Waals surface area contributed by atoms with Gasteiger partial charge in [-0.25, -0.2) is 4.98 Å². The molecule has 0 radical (unpaired) electrons. The first-order valence-corrected chi connectivity index (χ1v) is 8.17. The molecule has 6 nitrogen and oxygen atoms in total. The van der Waals surface area contributed by atoms with Crippen molar-refractivity contribution in [1.29, 1.82) is 0 Å². The molecule has 0 aliphatic heterocycles. The van der Waals surface area contributed by atoms with E-state index in [4.69, 9.17) is 9.84 Å². The molecule has 3 aromatic rings. The molecule has 2 aromatic carbocycles. The lowest BCUT2D eigenvalue weighted by Gasteiger charge is -2.07. The van der Waals surface area contributed by atoms with Gasteiger partial charge in [0.05, 0.1) is 37.5 Å². The third-order valence-corrected chi connectivity index (χ3v) is 3.84. The van der Waals surface area contributed by atoms with Crippen molar-refractivity contribution in [3.05, 3.63) is 66.5 Å². The van der Waals surface area contributed by atoms with Gasteiger partial charge < -0.3 is 15.2 Å².